The first-order valence-corrected chi connectivity index (χ1v) is 7.92. The van der Waals surface area contributed by atoms with E-state index in [-0.39, 0.29) is 30.3 Å². The number of halogens is 1. The molecule has 2 aliphatic heterocycles. The van der Waals surface area contributed by atoms with Crippen LogP contribution >= 0.6 is 12.4 Å². The lowest BCUT2D eigenvalue weighted by atomic mass is 9.94. The first-order valence-electron chi connectivity index (χ1n) is 7.92. The van der Waals surface area contributed by atoms with Crippen LogP contribution in [0.25, 0.3) is 0 Å². The largest absolute Gasteiger partial charge is 0.343 e. The minimum Gasteiger partial charge on any atom is -0.343 e. The van der Waals surface area contributed by atoms with Crippen LogP contribution in [0.4, 0.5) is 0 Å². The van der Waals surface area contributed by atoms with E-state index >= 15 is 0 Å². The molecule has 2 aliphatic rings. The molecule has 2 fully saturated rings. The van der Waals surface area contributed by atoms with Gasteiger partial charge in [-0.2, -0.15) is 0 Å². The van der Waals surface area contributed by atoms with Crippen LogP contribution in [0.1, 0.15) is 39.5 Å². The number of piperazine rings is 1. The maximum absolute atomic E-state index is 12.6. The van der Waals surface area contributed by atoms with Crippen LogP contribution in [0.3, 0.4) is 0 Å². The SMILES string of the molecule is CCCC(=O)N1CCC(C(=O)N2CCNC[C@@H]2C)CC1.Cl. The molecule has 0 aromatic heterocycles. The summed E-state index contributed by atoms with van der Waals surface area (Å²) >= 11 is 0. The van der Waals surface area contributed by atoms with Gasteiger partial charge in [0.2, 0.25) is 11.8 Å². The Hall–Kier alpha value is -0.810. The highest BCUT2D eigenvalue weighted by Crippen LogP contribution is 2.22. The second kappa shape index (κ2) is 8.59. The number of piperidine rings is 1. The van der Waals surface area contributed by atoms with Crippen molar-refractivity contribution in [1.29, 1.82) is 0 Å². The quantitative estimate of drug-likeness (QED) is 0.853. The molecular formula is C15H28ClN3O2. The summed E-state index contributed by atoms with van der Waals surface area (Å²) < 4.78 is 0. The third-order valence-electron chi connectivity index (χ3n) is 4.45. The van der Waals surface area contributed by atoms with Gasteiger partial charge >= 0.3 is 0 Å². The second-order valence-electron chi connectivity index (χ2n) is 5.99. The molecule has 0 radical (unpaired) electrons. The summed E-state index contributed by atoms with van der Waals surface area (Å²) in [4.78, 5) is 28.4. The standard InChI is InChI=1S/C15H27N3O2.ClH/c1-3-4-14(19)17-8-5-13(6-9-17)15(20)18-10-7-16-11-12(18)2;/h12-13,16H,3-11H2,1-2H3;1H/t12-;/m0./s1. The number of carbonyl (C=O) groups excluding carboxylic acids is 2. The molecule has 1 N–H and O–H groups in total. The molecule has 2 amide bonds. The Morgan fingerprint density at radius 3 is 2.43 bits per heavy atom. The van der Waals surface area contributed by atoms with E-state index in [9.17, 15) is 9.59 Å². The molecule has 0 bridgehead atoms. The van der Waals surface area contributed by atoms with Gasteiger partial charge < -0.3 is 15.1 Å². The molecule has 0 aliphatic carbocycles. The fourth-order valence-corrected chi connectivity index (χ4v) is 3.15. The van der Waals surface area contributed by atoms with Gasteiger partial charge in [-0.15, -0.1) is 12.4 Å². The summed E-state index contributed by atoms with van der Waals surface area (Å²) in [6.07, 6.45) is 3.18. The van der Waals surface area contributed by atoms with E-state index in [0.717, 1.165) is 52.0 Å². The lowest BCUT2D eigenvalue weighted by Crippen LogP contribution is -2.55. The average Bonchev–Trinajstić information content (AvgIpc) is 2.47. The molecule has 0 saturated carbocycles. The molecule has 122 valence electrons. The van der Waals surface area contributed by atoms with Crippen LogP contribution in [-0.2, 0) is 9.59 Å². The van der Waals surface area contributed by atoms with Crippen molar-refractivity contribution in [3.8, 4) is 0 Å². The molecule has 1 atom stereocenters. The highest BCUT2D eigenvalue weighted by atomic mass is 35.5. The zero-order valence-electron chi connectivity index (χ0n) is 13.1. The monoisotopic (exact) mass is 317 g/mol. The van der Waals surface area contributed by atoms with Crippen LogP contribution in [-0.4, -0.2) is 60.4 Å². The van der Waals surface area contributed by atoms with Crippen molar-refractivity contribution in [1.82, 2.24) is 15.1 Å². The first kappa shape index (κ1) is 18.2. The number of hydrogen-bond donors (Lipinski definition) is 1. The molecule has 0 aromatic carbocycles. The first-order chi connectivity index (χ1) is 9.63. The van der Waals surface area contributed by atoms with E-state index in [1.165, 1.54) is 0 Å². The van der Waals surface area contributed by atoms with Crippen LogP contribution in [0, 0.1) is 5.92 Å². The Balaban J connectivity index is 0.00000220. The van der Waals surface area contributed by atoms with Crippen LogP contribution in [0.5, 0.6) is 0 Å². The van der Waals surface area contributed by atoms with Gasteiger partial charge in [0, 0.05) is 51.1 Å². The summed E-state index contributed by atoms with van der Waals surface area (Å²) in [6.45, 7) is 8.22. The highest BCUT2D eigenvalue weighted by Gasteiger charge is 2.32. The third kappa shape index (κ3) is 4.58. The molecule has 5 nitrogen and oxygen atoms in total. The highest BCUT2D eigenvalue weighted by molar-refractivity contribution is 5.85. The fourth-order valence-electron chi connectivity index (χ4n) is 3.15. The van der Waals surface area contributed by atoms with Gasteiger partial charge in [0.1, 0.15) is 0 Å². The van der Waals surface area contributed by atoms with Gasteiger partial charge in [-0.25, -0.2) is 0 Å². The Labute approximate surface area is 133 Å². The van der Waals surface area contributed by atoms with Gasteiger partial charge in [0.15, 0.2) is 0 Å². The lowest BCUT2D eigenvalue weighted by molar-refractivity contribution is -0.142. The van der Waals surface area contributed by atoms with Crippen LogP contribution in [0.2, 0.25) is 0 Å². The second-order valence-corrected chi connectivity index (χ2v) is 5.99. The summed E-state index contributed by atoms with van der Waals surface area (Å²) in [5, 5.41) is 3.31. The van der Waals surface area contributed by atoms with Crippen molar-refractivity contribution in [2.24, 2.45) is 5.92 Å². The van der Waals surface area contributed by atoms with Crippen molar-refractivity contribution < 1.29 is 9.59 Å². The number of amides is 2. The predicted octanol–water partition coefficient (Wildman–Crippen LogP) is 1.27. The Kier molecular flexibility index (Phi) is 7.46. The molecule has 6 heteroatoms. The van der Waals surface area contributed by atoms with Gasteiger partial charge in [-0.3, -0.25) is 9.59 Å². The third-order valence-corrected chi connectivity index (χ3v) is 4.45. The molecule has 0 unspecified atom stereocenters. The number of likely N-dealkylation sites (tertiary alicyclic amines) is 1. The van der Waals surface area contributed by atoms with Crippen molar-refractivity contribution in [3.63, 3.8) is 0 Å². The smallest absolute Gasteiger partial charge is 0.226 e. The zero-order chi connectivity index (χ0) is 14.5. The number of rotatable bonds is 3. The van der Waals surface area contributed by atoms with E-state index in [1.807, 2.05) is 16.7 Å². The Morgan fingerprint density at radius 1 is 1.19 bits per heavy atom. The summed E-state index contributed by atoms with van der Waals surface area (Å²) in [5.41, 5.74) is 0. The predicted molar refractivity (Wildman–Crippen MR) is 85.5 cm³/mol. The average molecular weight is 318 g/mol. The minimum absolute atomic E-state index is 0. The summed E-state index contributed by atoms with van der Waals surface area (Å²) in [5.74, 6) is 0.650. The van der Waals surface area contributed by atoms with Gasteiger partial charge in [0.05, 0.1) is 0 Å². The minimum atomic E-state index is 0. The molecule has 2 rings (SSSR count). The van der Waals surface area contributed by atoms with Crippen molar-refractivity contribution in [3.05, 3.63) is 0 Å². The Morgan fingerprint density at radius 2 is 1.86 bits per heavy atom. The van der Waals surface area contributed by atoms with Crippen LogP contribution < -0.4 is 5.32 Å². The molecule has 0 aromatic rings. The molecular weight excluding hydrogens is 290 g/mol. The van der Waals surface area contributed by atoms with Gasteiger partial charge in [-0.1, -0.05) is 6.92 Å². The fraction of sp³-hybridized carbons (Fsp3) is 0.867. The number of hydrogen-bond acceptors (Lipinski definition) is 3. The van der Waals surface area contributed by atoms with Gasteiger partial charge in [-0.05, 0) is 26.2 Å². The van der Waals surface area contributed by atoms with E-state index < -0.39 is 0 Å². The van der Waals surface area contributed by atoms with Crippen molar-refractivity contribution in [2.75, 3.05) is 32.7 Å². The maximum atomic E-state index is 12.6. The van der Waals surface area contributed by atoms with E-state index in [4.69, 9.17) is 0 Å². The number of carbonyl (C=O) groups is 2. The summed E-state index contributed by atoms with van der Waals surface area (Å²) in [6, 6.07) is 0.288. The zero-order valence-corrected chi connectivity index (χ0v) is 14.0. The molecule has 2 heterocycles. The molecule has 21 heavy (non-hydrogen) atoms. The summed E-state index contributed by atoms with van der Waals surface area (Å²) in [7, 11) is 0. The van der Waals surface area contributed by atoms with E-state index in [0.29, 0.717) is 12.3 Å². The van der Waals surface area contributed by atoms with Crippen molar-refractivity contribution >= 4 is 24.2 Å². The van der Waals surface area contributed by atoms with Crippen molar-refractivity contribution in [2.45, 2.75) is 45.6 Å². The van der Waals surface area contributed by atoms with Gasteiger partial charge in [0.25, 0.3) is 0 Å². The molecule has 2 saturated heterocycles. The van der Waals surface area contributed by atoms with Crippen LogP contribution in [0.15, 0.2) is 0 Å². The van der Waals surface area contributed by atoms with E-state index in [1.54, 1.807) is 0 Å². The number of nitrogens with zero attached hydrogens (tertiary/aromatic N) is 2. The molecule has 0 spiro atoms. The van der Waals surface area contributed by atoms with E-state index in [2.05, 4.69) is 12.2 Å². The Bertz CT molecular complexity index is 357. The number of nitrogens with one attached hydrogen (secondary N) is 1. The maximum Gasteiger partial charge on any atom is 0.226 e. The topological polar surface area (TPSA) is 52.7 Å². The normalized spacial score (nSPS) is 23.6. The lowest BCUT2D eigenvalue weighted by Gasteiger charge is -2.39.